The van der Waals surface area contributed by atoms with Crippen LogP contribution in [0.25, 0.3) is 11.0 Å². The lowest BCUT2D eigenvalue weighted by Crippen LogP contribution is -2.12. The quantitative estimate of drug-likeness (QED) is 0.663. The number of anilines is 1. The lowest BCUT2D eigenvalue weighted by Gasteiger charge is -2.07. The molecule has 4 heteroatoms. The van der Waals surface area contributed by atoms with Gasteiger partial charge in [-0.05, 0) is 48.7 Å². The van der Waals surface area contributed by atoms with E-state index >= 15 is 0 Å². The minimum absolute atomic E-state index is 0.257. The Hall–Kier alpha value is -2.26. The highest BCUT2D eigenvalue weighted by atomic mass is 35.5. The van der Waals surface area contributed by atoms with Crippen LogP contribution in [-0.2, 0) is 0 Å². The molecule has 0 fully saturated rings. The van der Waals surface area contributed by atoms with Gasteiger partial charge in [-0.25, -0.2) is 0 Å². The summed E-state index contributed by atoms with van der Waals surface area (Å²) in [7, 11) is 0. The van der Waals surface area contributed by atoms with E-state index in [0.29, 0.717) is 22.3 Å². The zero-order valence-corrected chi connectivity index (χ0v) is 14.1. The van der Waals surface area contributed by atoms with Gasteiger partial charge in [0.1, 0.15) is 5.58 Å². The maximum absolute atomic E-state index is 12.5. The smallest absolute Gasteiger partial charge is 0.291 e. The lowest BCUT2D eigenvalue weighted by atomic mass is 10.0. The van der Waals surface area contributed by atoms with Crippen molar-refractivity contribution in [2.45, 2.75) is 26.7 Å². The van der Waals surface area contributed by atoms with Crippen molar-refractivity contribution in [2.75, 3.05) is 5.32 Å². The van der Waals surface area contributed by atoms with Crippen LogP contribution >= 0.6 is 11.6 Å². The number of carbonyl (C=O) groups is 1. The molecule has 0 spiro atoms. The molecule has 0 unspecified atom stereocenters. The van der Waals surface area contributed by atoms with Crippen molar-refractivity contribution in [3.63, 3.8) is 0 Å². The third-order valence-electron chi connectivity index (χ3n) is 3.94. The molecule has 1 heterocycles. The molecule has 0 bridgehead atoms. The summed E-state index contributed by atoms with van der Waals surface area (Å²) >= 11 is 6.01. The first-order valence-electron chi connectivity index (χ1n) is 7.55. The molecular weight excluding hydrogens is 310 g/mol. The highest BCUT2D eigenvalue weighted by molar-refractivity contribution is 6.31. The van der Waals surface area contributed by atoms with Crippen LogP contribution in [0.3, 0.4) is 0 Å². The summed E-state index contributed by atoms with van der Waals surface area (Å²) in [6.45, 7) is 6.13. The number of rotatable bonds is 3. The fourth-order valence-corrected chi connectivity index (χ4v) is 2.72. The Bertz CT molecular complexity index is 863. The number of amides is 1. The van der Waals surface area contributed by atoms with Crippen molar-refractivity contribution in [1.29, 1.82) is 0 Å². The van der Waals surface area contributed by atoms with Gasteiger partial charge in [-0.1, -0.05) is 37.6 Å². The van der Waals surface area contributed by atoms with Crippen LogP contribution in [0.2, 0.25) is 5.02 Å². The molecule has 1 N–H and O–H groups in total. The topological polar surface area (TPSA) is 42.2 Å². The van der Waals surface area contributed by atoms with Crippen LogP contribution in [0.4, 0.5) is 5.69 Å². The van der Waals surface area contributed by atoms with Gasteiger partial charge in [0.15, 0.2) is 5.76 Å². The van der Waals surface area contributed by atoms with E-state index in [9.17, 15) is 4.79 Å². The van der Waals surface area contributed by atoms with E-state index < -0.39 is 0 Å². The van der Waals surface area contributed by atoms with Crippen LogP contribution in [0, 0.1) is 6.92 Å². The van der Waals surface area contributed by atoms with Crippen molar-refractivity contribution in [1.82, 2.24) is 0 Å². The summed E-state index contributed by atoms with van der Waals surface area (Å²) in [5, 5.41) is 4.36. The standard InChI is InChI=1S/C19H18ClNO2/c1-11(2)13-4-7-15(8-5-13)21-19(22)18-12(3)16-10-14(20)6-9-17(16)23-18/h4-11H,1-3H3,(H,21,22). The predicted octanol–water partition coefficient (Wildman–Crippen LogP) is 5.77. The van der Waals surface area contributed by atoms with Crippen molar-refractivity contribution >= 4 is 34.2 Å². The fourth-order valence-electron chi connectivity index (χ4n) is 2.55. The Kier molecular flexibility index (Phi) is 4.14. The molecule has 2 aromatic carbocycles. The first-order valence-corrected chi connectivity index (χ1v) is 7.93. The molecule has 0 aliphatic rings. The Morgan fingerprint density at radius 3 is 2.48 bits per heavy atom. The molecule has 3 rings (SSSR count). The Morgan fingerprint density at radius 1 is 1.13 bits per heavy atom. The van der Waals surface area contributed by atoms with Gasteiger partial charge in [-0.3, -0.25) is 4.79 Å². The van der Waals surface area contributed by atoms with Crippen LogP contribution in [-0.4, -0.2) is 5.91 Å². The molecule has 3 nitrogen and oxygen atoms in total. The Morgan fingerprint density at radius 2 is 1.83 bits per heavy atom. The molecule has 0 atom stereocenters. The van der Waals surface area contributed by atoms with Gasteiger partial charge in [0.05, 0.1) is 0 Å². The molecule has 0 radical (unpaired) electrons. The molecule has 0 aliphatic carbocycles. The monoisotopic (exact) mass is 327 g/mol. The number of nitrogens with one attached hydrogen (secondary N) is 1. The lowest BCUT2D eigenvalue weighted by molar-refractivity contribution is 0.0998. The van der Waals surface area contributed by atoms with Crippen molar-refractivity contribution in [3.8, 4) is 0 Å². The Labute approximate surface area is 140 Å². The first-order chi connectivity index (χ1) is 11.0. The molecule has 0 saturated carbocycles. The van der Waals surface area contributed by atoms with E-state index in [1.165, 1.54) is 5.56 Å². The molecule has 3 aromatic rings. The minimum atomic E-state index is -0.257. The number of carbonyl (C=O) groups excluding carboxylic acids is 1. The van der Waals surface area contributed by atoms with Crippen LogP contribution in [0.1, 0.15) is 41.4 Å². The van der Waals surface area contributed by atoms with E-state index in [4.69, 9.17) is 16.0 Å². The first kappa shape index (κ1) is 15.6. The molecule has 1 aromatic heterocycles. The highest BCUT2D eigenvalue weighted by Gasteiger charge is 2.18. The molecular formula is C19H18ClNO2. The summed E-state index contributed by atoms with van der Waals surface area (Å²) in [4.78, 5) is 12.5. The average Bonchev–Trinajstić information content (AvgIpc) is 2.85. The van der Waals surface area contributed by atoms with Crippen molar-refractivity contribution in [2.24, 2.45) is 0 Å². The SMILES string of the molecule is Cc1c(C(=O)Nc2ccc(C(C)C)cc2)oc2ccc(Cl)cc12. The number of halogens is 1. The number of aryl methyl sites for hydroxylation is 1. The van der Waals surface area contributed by atoms with E-state index in [0.717, 1.165) is 16.6 Å². The third kappa shape index (κ3) is 3.10. The van der Waals surface area contributed by atoms with Gasteiger partial charge in [-0.15, -0.1) is 0 Å². The summed E-state index contributed by atoms with van der Waals surface area (Å²) in [5.74, 6) is 0.518. The van der Waals surface area contributed by atoms with Crippen molar-refractivity contribution < 1.29 is 9.21 Å². The average molecular weight is 328 g/mol. The van der Waals surface area contributed by atoms with Crippen LogP contribution in [0.15, 0.2) is 46.9 Å². The van der Waals surface area contributed by atoms with Crippen LogP contribution < -0.4 is 5.32 Å². The minimum Gasteiger partial charge on any atom is -0.451 e. The predicted molar refractivity (Wildman–Crippen MR) is 94.4 cm³/mol. The summed E-state index contributed by atoms with van der Waals surface area (Å²) in [6.07, 6.45) is 0. The van der Waals surface area contributed by atoms with Crippen molar-refractivity contribution in [3.05, 3.63) is 64.4 Å². The zero-order valence-electron chi connectivity index (χ0n) is 13.3. The summed E-state index contributed by atoms with van der Waals surface area (Å²) < 4.78 is 5.68. The summed E-state index contributed by atoms with van der Waals surface area (Å²) in [5.41, 5.74) is 3.43. The second-order valence-corrected chi connectivity index (χ2v) is 6.36. The van der Waals surface area contributed by atoms with Gasteiger partial charge in [-0.2, -0.15) is 0 Å². The molecule has 0 aliphatic heterocycles. The molecule has 0 saturated heterocycles. The second-order valence-electron chi connectivity index (χ2n) is 5.93. The molecule has 23 heavy (non-hydrogen) atoms. The Balaban J connectivity index is 1.87. The third-order valence-corrected chi connectivity index (χ3v) is 4.17. The van der Waals surface area contributed by atoms with Gasteiger partial charge in [0.2, 0.25) is 0 Å². The van der Waals surface area contributed by atoms with Gasteiger partial charge in [0, 0.05) is 21.7 Å². The van der Waals surface area contributed by atoms with Gasteiger partial charge in [0.25, 0.3) is 5.91 Å². The number of hydrogen-bond donors (Lipinski definition) is 1. The summed E-state index contributed by atoms with van der Waals surface area (Å²) in [6, 6.07) is 13.2. The second kappa shape index (κ2) is 6.09. The largest absolute Gasteiger partial charge is 0.451 e. The molecule has 1 amide bonds. The maximum atomic E-state index is 12.5. The van der Waals surface area contributed by atoms with E-state index in [1.54, 1.807) is 12.1 Å². The highest BCUT2D eigenvalue weighted by Crippen LogP contribution is 2.28. The fraction of sp³-hybridized carbons (Fsp3) is 0.211. The number of furan rings is 1. The van der Waals surface area contributed by atoms with Gasteiger partial charge >= 0.3 is 0 Å². The van der Waals surface area contributed by atoms with E-state index in [2.05, 4.69) is 19.2 Å². The van der Waals surface area contributed by atoms with Crippen LogP contribution in [0.5, 0.6) is 0 Å². The zero-order chi connectivity index (χ0) is 16.6. The number of fused-ring (bicyclic) bond motifs is 1. The maximum Gasteiger partial charge on any atom is 0.291 e. The number of benzene rings is 2. The van der Waals surface area contributed by atoms with E-state index in [-0.39, 0.29) is 5.91 Å². The molecule has 118 valence electrons. The van der Waals surface area contributed by atoms with Gasteiger partial charge < -0.3 is 9.73 Å². The normalized spacial score (nSPS) is 11.2. The number of hydrogen-bond acceptors (Lipinski definition) is 2. The van der Waals surface area contributed by atoms with E-state index in [1.807, 2.05) is 37.3 Å².